The van der Waals surface area contributed by atoms with Gasteiger partial charge in [-0.3, -0.25) is 9.78 Å². The Hall–Kier alpha value is -2.27. The predicted octanol–water partition coefficient (Wildman–Crippen LogP) is 2.47. The number of hydrogen-bond donors (Lipinski definition) is 2. The maximum Gasteiger partial charge on any atom is 0.239 e. The van der Waals surface area contributed by atoms with Gasteiger partial charge < -0.3 is 15.4 Å². The predicted molar refractivity (Wildman–Crippen MR) is 82.6 cm³/mol. The minimum Gasteiger partial charge on any atom is -0.495 e. The Balaban J connectivity index is 1.85. The zero-order valence-electron chi connectivity index (χ0n) is 11.6. The Bertz CT molecular complexity index is 605. The number of hydrogen-bond acceptors (Lipinski definition) is 4. The van der Waals surface area contributed by atoms with Crippen molar-refractivity contribution in [1.29, 1.82) is 0 Å². The fourth-order valence-corrected chi connectivity index (χ4v) is 1.92. The van der Waals surface area contributed by atoms with E-state index in [-0.39, 0.29) is 12.5 Å². The van der Waals surface area contributed by atoms with Crippen LogP contribution in [0.1, 0.15) is 5.69 Å². The van der Waals surface area contributed by atoms with Crippen LogP contribution in [0.25, 0.3) is 0 Å². The summed E-state index contributed by atoms with van der Waals surface area (Å²) in [5.41, 5.74) is 1.49. The van der Waals surface area contributed by atoms with Crippen LogP contribution >= 0.6 is 11.6 Å². The molecule has 0 saturated heterocycles. The highest BCUT2D eigenvalue weighted by Crippen LogP contribution is 2.27. The van der Waals surface area contributed by atoms with Crippen LogP contribution in [-0.4, -0.2) is 24.5 Å². The van der Waals surface area contributed by atoms with E-state index in [1.807, 2.05) is 18.2 Å². The fraction of sp³-hybridized carbons (Fsp3) is 0.200. The van der Waals surface area contributed by atoms with Crippen molar-refractivity contribution in [3.63, 3.8) is 0 Å². The number of amides is 1. The Kier molecular flexibility index (Phi) is 5.40. The second-order valence-corrected chi connectivity index (χ2v) is 4.73. The molecule has 0 aliphatic heterocycles. The Labute approximate surface area is 128 Å². The molecule has 0 radical (unpaired) electrons. The van der Waals surface area contributed by atoms with Gasteiger partial charge in [0.05, 0.1) is 31.6 Å². The number of benzene rings is 1. The maximum absolute atomic E-state index is 11.8. The van der Waals surface area contributed by atoms with Crippen molar-refractivity contribution in [3.05, 3.63) is 53.3 Å². The summed E-state index contributed by atoms with van der Waals surface area (Å²) in [6.45, 7) is 0.525. The maximum atomic E-state index is 11.8. The first-order chi connectivity index (χ1) is 10.2. The standard InChI is InChI=1S/C15H16ClN3O2/c1-21-14-6-5-11(16)8-13(14)18-10-15(20)19-9-12-4-2-3-7-17-12/h2-8,18H,9-10H2,1H3,(H,19,20). The zero-order valence-corrected chi connectivity index (χ0v) is 12.4. The van der Waals surface area contributed by atoms with Crippen LogP contribution in [0.4, 0.5) is 5.69 Å². The summed E-state index contributed by atoms with van der Waals surface area (Å²) in [6, 6.07) is 10.8. The third kappa shape index (κ3) is 4.65. The molecule has 2 N–H and O–H groups in total. The molecule has 5 nitrogen and oxygen atoms in total. The van der Waals surface area contributed by atoms with Crippen LogP contribution in [0.3, 0.4) is 0 Å². The van der Waals surface area contributed by atoms with Crippen LogP contribution in [-0.2, 0) is 11.3 Å². The van der Waals surface area contributed by atoms with Gasteiger partial charge in [-0.05, 0) is 30.3 Å². The number of nitrogens with one attached hydrogen (secondary N) is 2. The Morgan fingerprint density at radius 2 is 2.19 bits per heavy atom. The summed E-state index contributed by atoms with van der Waals surface area (Å²) in [6.07, 6.45) is 1.69. The molecule has 0 aliphatic carbocycles. The van der Waals surface area contributed by atoms with Gasteiger partial charge >= 0.3 is 0 Å². The molecule has 0 saturated carbocycles. The highest BCUT2D eigenvalue weighted by Gasteiger charge is 2.06. The number of pyridine rings is 1. The molecule has 1 aromatic heterocycles. The molecular formula is C15H16ClN3O2. The van der Waals surface area contributed by atoms with Crippen molar-refractivity contribution in [1.82, 2.24) is 10.3 Å². The number of halogens is 1. The second-order valence-electron chi connectivity index (χ2n) is 4.30. The smallest absolute Gasteiger partial charge is 0.239 e. The molecule has 0 aliphatic rings. The molecule has 0 spiro atoms. The van der Waals surface area contributed by atoms with E-state index in [1.54, 1.807) is 31.5 Å². The number of methoxy groups -OCH3 is 1. The van der Waals surface area contributed by atoms with Crippen molar-refractivity contribution >= 4 is 23.2 Å². The Morgan fingerprint density at radius 1 is 1.33 bits per heavy atom. The third-order valence-electron chi connectivity index (χ3n) is 2.79. The second kappa shape index (κ2) is 7.50. The van der Waals surface area contributed by atoms with Gasteiger partial charge in [0.25, 0.3) is 0 Å². The van der Waals surface area contributed by atoms with Crippen LogP contribution in [0, 0.1) is 0 Å². The van der Waals surface area contributed by atoms with Gasteiger partial charge in [-0.2, -0.15) is 0 Å². The molecule has 110 valence electrons. The van der Waals surface area contributed by atoms with E-state index in [0.717, 1.165) is 5.69 Å². The van der Waals surface area contributed by atoms with E-state index < -0.39 is 0 Å². The van der Waals surface area contributed by atoms with Gasteiger partial charge in [0, 0.05) is 11.2 Å². The van der Waals surface area contributed by atoms with E-state index >= 15 is 0 Å². The molecule has 0 fully saturated rings. The lowest BCUT2D eigenvalue weighted by Crippen LogP contribution is -2.29. The molecule has 6 heteroatoms. The molecule has 2 aromatic rings. The number of carbonyl (C=O) groups is 1. The average molecular weight is 306 g/mol. The van der Waals surface area contributed by atoms with Crippen molar-refractivity contribution in [2.24, 2.45) is 0 Å². The molecular weight excluding hydrogens is 290 g/mol. The van der Waals surface area contributed by atoms with Gasteiger partial charge in [-0.1, -0.05) is 17.7 Å². The molecule has 0 bridgehead atoms. The number of aromatic nitrogens is 1. The molecule has 1 heterocycles. The van der Waals surface area contributed by atoms with E-state index in [2.05, 4.69) is 15.6 Å². The van der Waals surface area contributed by atoms with E-state index in [9.17, 15) is 4.79 Å². The van der Waals surface area contributed by atoms with Crippen LogP contribution in [0.15, 0.2) is 42.6 Å². The summed E-state index contributed by atoms with van der Waals surface area (Å²) in [5, 5.41) is 6.36. The van der Waals surface area contributed by atoms with Crippen molar-refractivity contribution in [2.75, 3.05) is 19.0 Å². The first kappa shape index (κ1) is 15.1. The number of carbonyl (C=O) groups excluding carboxylic acids is 1. The summed E-state index contributed by atoms with van der Waals surface area (Å²) < 4.78 is 5.20. The average Bonchev–Trinajstić information content (AvgIpc) is 2.52. The normalized spacial score (nSPS) is 10.0. The van der Waals surface area contributed by atoms with Gasteiger partial charge in [-0.15, -0.1) is 0 Å². The monoisotopic (exact) mass is 305 g/mol. The quantitative estimate of drug-likeness (QED) is 0.860. The lowest BCUT2D eigenvalue weighted by molar-refractivity contribution is -0.119. The fourth-order valence-electron chi connectivity index (χ4n) is 1.75. The molecule has 2 rings (SSSR count). The first-order valence-corrected chi connectivity index (χ1v) is 6.81. The zero-order chi connectivity index (χ0) is 15.1. The highest BCUT2D eigenvalue weighted by molar-refractivity contribution is 6.30. The largest absolute Gasteiger partial charge is 0.495 e. The SMILES string of the molecule is COc1ccc(Cl)cc1NCC(=O)NCc1ccccn1. The molecule has 0 atom stereocenters. The number of ether oxygens (including phenoxy) is 1. The first-order valence-electron chi connectivity index (χ1n) is 6.43. The minimum absolute atomic E-state index is 0.129. The molecule has 1 amide bonds. The van der Waals surface area contributed by atoms with Gasteiger partial charge in [0.1, 0.15) is 5.75 Å². The highest BCUT2D eigenvalue weighted by atomic mass is 35.5. The summed E-state index contributed by atoms with van der Waals surface area (Å²) in [5.74, 6) is 0.500. The summed E-state index contributed by atoms with van der Waals surface area (Å²) in [7, 11) is 1.57. The van der Waals surface area contributed by atoms with E-state index in [0.29, 0.717) is 23.0 Å². The number of anilines is 1. The van der Waals surface area contributed by atoms with Crippen molar-refractivity contribution < 1.29 is 9.53 Å². The van der Waals surface area contributed by atoms with Gasteiger partial charge in [0.2, 0.25) is 5.91 Å². The van der Waals surface area contributed by atoms with Crippen LogP contribution < -0.4 is 15.4 Å². The van der Waals surface area contributed by atoms with Crippen LogP contribution in [0.2, 0.25) is 5.02 Å². The van der Waals surface area contributed by atoms with Crippen LogP contribution in [0.5, 0.6) is 5.75 Å². The van der Waals surface area contributed by atoms with Gasteiger partial charge in [0.15, 0.2) is 0 Å². The lowest BCUT2D eigenvalue weighted by Gasteiger charge is -2.11. The van der Waals surface area contributed by atoms with E-state index in [4.69, 9.17) is 16.3 Å². The number of nitrogens with zero attached hydrogens (tertiary/aromatic N) is 1. The lowest BCUT2D eigenvalue weighted by atomic mass is 10.3. The summed E-state index contributed by atoms with van der Waals surface area (Å²) >= 11 is 5.93. The van der Waals surface area contributed by atoms with Gasteiger partial charge in [-0.25, -0.2) is 0 Å². The van der Waals surface area contributed by atoms with E-state index in [1.165, 1.54) is 0 Å². The third-order valence-corrected chi connectivity index (χ3v) is 3.03. The minimum atomic E-state index is -0.136. The summed E-state index contributed by atoms with van der Waals surface area (Å²) in [4.78, 5) is 15.9. The number of rotatable bonds is 6. The molecule has 21 heavy (non-hydrogen) atoms. The van der Waals surface area contributed by atoms with Crippen molar-refractivity contribution in [3.8, 4) is 5.75 Å². The topological polar surface area (TPSA) is 63.2 Å². The Morgan fingerprint density at radius 3 is 2.90 bits per heavy atom. The molecule has 1 aromatic carbocycles. The molecule has 0 unspecified atom stereocenters. The van der Waals surface area contributed by atoms with Crippen molar-refractivity contribution in [2.45, 2.75) is 6.54 Å².